The van der Waals surface area contributed by atoms with Gasteiger partial charge >= 0.3 is 6.36 Å². The Morgan fingerprint density at radius 3 is 2.68 bits per heavy atom. The highest BCUT2D eigenvalue weighted by atomic mass is 32.1. The standard InChI is InChI=1S/C19H20F3N3O2S/c1-11-16(12-6-8-25(11)9-7-12)24-17(26)15-10-23-18(28-15)13-4-2-3-5-14(13)27-19(20,21)22/h2-5,10-12,16H,6-9H2,1H3,(H,24,26). The van der Waals surface area contributed by atoms with Crippen LogP contribution in [-0.2, 0) is 0 Å². The van der Waals surface area contributed by atoms with Gasteiger partial charge < -0.3 is 10.1 Å². The van der Waals surface area contributed by atoms with Gasteiger partial charge in [-0.2, -0.15) is 0 Å². The molecule has 1 aromatic carbocycles. The second-order valence-corrected chi connectivity index (χ2v) is 8.22. The van der Waals surface area contributed by atoms with E-state index in [0.717, 1.165) is 37.3 Å². The lowest BCUT2D eigenvalue weighted by molar-refractivity contribution is -0.274. The molecule has 4 heterocycles. The third-order valence-electron chi connectivity index (χ3n) is 5.55. The SMILES string of the molecule is CC1C(NC(=O)c2cnc(-c3ccccc3OC(F)(F)F)s2)C2CCN1CC2. The molecule has 150 valence electrons. The normalized spacial score (nSPS) is 26.9. The van der Waals surface area contributed by atoms with Gasteiger partial charge in [-0.3, -0.25) is 9.69 Å². The highest BCUT2D eigenvalue weighted by Gasteiger charge is 2.40. The van der Waals surface area contributed by atoms with Gasteiger partial charge in [0, 0.05) is 12.1 Å². The van der Waals surface area contributed by atoms with Crippen molar-refractivity contribution < 1.29 is 22.7 Å². The number of nitrogens with one attached hydrogen (secondary N) is 1. The molecule has 0 spiro atoms. The number of para-hydroxylation sites is 1. The molecule has 2 unspecified atom stereocenters. The van der Waals surface area contributed by atoms with Crippen LogP contribution in [0.4, 0.5) is 13.2 Å². The zero-order valence-electron chi connectivity index (χ0n) is 15.2. The minimum Gasteiger partial charge on any atom is -0.405 e. The van der Waals surface area contributed by atoms with Crippen LogP contribution < -0.4 is 10.1 Å². The van der Waals surface area contributed by atoms with Gasteiger partial charge in [0.1, 0.15) is 15.6 Å². The van der Waals surface area contributed by atoms with Gasteiger partial charge in [-0.05, 0) is 50.9 Å². The molecule has 1 N–H and O–H groups in total. The number of rotatable bonds is 4. The molecule has 1 aromatic heterocycles. The van der Waals surface area contributed by atoms with E-state index in [9.17, 15) is 18.0 Å². The van der Waals surface area contributed by atoms with Crippen molar-refractivity contribution in [3.63, 3.8) is 0 Å². The molecule has 3 aliphatic heterocycles. The number of aromatic nitrogens is 1. The number of carbonyl (C=O) groups is 1. The predicted molar refractivity (Wildman–Crippen MR) is 99.2 cm³/mol. The van der Waals surface area contributed by atoms with Gasteiger partial charge in [-0.1, -0.05) is 12.1 Å². The van der Waals surface area contributed by atoms with E-state index in [-0.39, 0.29) is 29.3 Å². The molecule has 2 aromatic rings. The van der Waals surface area contributed by atoms with Crippen LogP contribution in [0.5, 0.6) is 5.75 Å². The van der Waals surface area contributed by atoms with Crippen molar-refractivity contribution in [1.29, 1.82) is 0 Å². The molecule has 0 saturated carbocycles. The van der Waals surface area contributed by atoms with Gasteiger partial charge in [-0.25, -0.2) is 4.98 Å². The summed E-state index contributed by atoms with van der Waals surface area (Å²) in [6.45, 7) is 4.26. The number of nitrogens with zero attached hydrogens (tertiary/aromatic N) is 2. The van der Waals surface area contributed by atoms with E-state index in [2.05, 4.69) is 26.9 Å². The Morgan fingerprint density at radius 2 is 2.00 bits per heavy atom. The molecule has 0 aliphatic carbocycles. The van der Waals surface area contributed by atoms with Crippen LogP contribution in [0.15, 0.2) is 30.5 Å². The third-order valence-corrected chi connectivity index (χ3v) is 6.58. The molecule has 2 bridgehead atoms. The third kappa shape index (κ3) is 3.86. The molecule has 3 fully saturated rings. The Hall–Kier alpha value is -2.13. The Balaban J connectivity index is 1.51. The molecule has 2 atom stereocenters. The minimum atomic E-state index is -4.79. The fourth-order valence-corrected chi connectivity index (χ4v) is 4.98. The predicted octanol–water partition coefficient (Wildman–Crippen LogP) is 3.92. The molecule has 9 heteroatoms. The number of alkyl halides is 3. The van der Waals surface area contributed by atoms with Crippen molar-refractivity contribution >= 4 is 17.2 Å². The molecule has 1 amide bonds. The Kier molecular flexibility index (Phi) is 5.05. The fraction of sp³-hybridized carbons (Fsp3) is 0.474. The summed E-state index contributed by atoms with van der Waals surface area (Å²) in [6, 6.07) is 6.16. The average Bonchev–Trinajstić information content (AvgIpc) is 3.14. The number of amides is 1. The summed E-state index contributed by atoms with van der Waals surface area (Å²) >= 11 is 1.06. The van der Waals surface area contributed by atoms with Gasteiger partial charge in [0.25, 0.3) is 5.91 Å². The largest absolute Gasteiger partial charge is 0.573 e. The van der Waals surface area contributed by atoms with Crippen molar-refractivity contribution in [2.24, 2.45) is 5.92 Å². The highest BCUT2D eigenvalue weighted by molar-refractivity contribution is 7.16. The first-order valence-corrected chi connectivity index (χ1v) is 9.99. The Bertz CT molecular complexity index is 860. The molecular weight excluding hydrogens is 391 g/mol. The van der Waals surface area contributed by atoms with Crippen LogP contribution in [0.1, 0.15) is 29.4 Å². The first-order valence-electron chi connectivity index (χ1n) is 9.18. The summed E-state index contributed by atoms with van der Waals surface area (Å²) in [6.07, 6.45) is -1.23. The summed E-state index contributed by atoms with van der Waals surface area (Å²) < 4.78 is 42.0. The Labute approximate surface area is 164 Å². The van der Waals surface area contributed by atoms with E-state index < -0.39 is 6.36 Å². The number of hydrogen-bond donors (Lipinski definition) is 1. The topological polar surface area (TPSA) is 54.5 Å². The number of halogens is 3. The van der Waals surface area contributed by atoms with Crippen LogP contribution >= 0.6 is 11.3 Å². The molecule has 28 heavy (non-hydrogen) atoms. The molecule has 5 rings (SSSR count). The van der Waals surface area contributed by atoms with E-state index in [1.165, 1.54) is 24.4 Å². The summed E-state index contributed by atoms with van der Waals surface area (Å²) in [5.74, 6) is -0.0943. The number of benzene rings is 1. The average molecular weight is 411 g/mol. The second-order valence-electron chi connectivity index (χ2n) is 7.19. The van der Waals surface area contributed by atoms with Crippen molar-refractivity contribution in [1.82, 2.24) is 15.2 Å². The van der Waals surface area contributed by atoms with Gasteiger partial charge in [0.15, 0.2) is 0 Å². The van der Waals surface area contributed by atoms with Crippen molar-refractivity contribution in [2.75, 3.05) is 13.1 Å². The van der Waals surface area contributed by atoms with Crippen molar-refractivity contribution in [2.45, 2.75) is 38.2 Å². The van der Waals surface area contributed by atoms with E-state index in [1.54, 1.807) is 6.07 Å². The molecule has 0 radical (unpaired) electrons. The van der Waals surface area contributed by atoms with Crippen molar-refractivity contribution in [3.05, 3.63) is 35.3 Å². The maximum atomic E-state index is 12.7. The van der Waals surface area contributed by atoms with Crippen LogP contribution in [-0.4, -0.2) is 47.3 Å². The zero-order valence-corrected chi connectivity index (χ0v) is 16.0. The number of hydrogen-bond acceptors (Lipinski definition) is 5. The number of fused-ring (bicyclic) bond motifs is 3. The first-order chi connectivity index (χ1) is 13.3. The quantitative estimate of drug-likeness (QED) is 0.829. The molecule has 5 nitrogen and oxygen atoms in total. The molecule has 3 saturated heterocycles. The number of carbonyl (C=O) groups excluding carboxylic acids is 1. The number of thiazole rings is 1. The first kappa shape index (κ1) is 19.2. The molecular formula is C19H20F3N3O2S. The maximum absolute atomic E-state index is 12.7. The van der Waals surface area contributed by atoms with Crippen LogP contribution in [0.3, 0.4) is 0 Å². The Morgan fingerprint density at radius 1 is 1.29 bits per heavy atom. The maximum Gasteiger partial charge on any atom is 0.573 e. The minimum absolute atomic E-state index is 0.0846. The van der Waals surface area contributed by atoms with Crippen LogP contribution in [0, 0.1) is 5.92 Å². The second kappa shape index (κ2) is 7.36. The lowest BCUT2D eigenvalue weighted by Crippen LogP contribution is -2.62. The summed E-state index contributed by atoms with van der Waals surface area (Å²) in [7, 11) is 0. The molecule has 3 aliphatic rings. The van der Waals surface area contributed by atoms with E-state index in [4.69, 9.17) is 0 Å². The zero-order chi connectivity index (χ0) is 19.9. The smallest absolute Gasteiger partial charge is 0.405 e. The summed E-state index contributed by atoms with van der Waals surface area (Å²) in [5, 5.41) is 3.42. The summed E-state index contributed by atoms with van der Waals surface area (Å²) in [5.41, 5.74) is 0.208. The number of ether oxygens (including phenoxy) is 1. The van der Waals surface area contributed by atoms with Gasteiger partial charge in [-0.15, -0.1) is 24.5 Å². The van der Waals surface area contributed by atoms with E-state index in [1.807, 2.05) is 0 Å². The van der Waals surface area contributed by atoms with Crippen molar-refractivity contribution in [3.8, 4) is 16.3 Å². The number of piperidine rings is 3. The van der Waals surface area contributed by atoms with Crippen LogP contribution in [0.2, 0.25) is 0 Å². The van der Waals surface area contributed by atoms with E-state index in [0.29, 0.717) is 15.8 Å². The van der Waals surface area contributed by atoms with Gasteiger partial charge in [0.05, 0.1) is 11.8 Å². The fourth-order valence-electron chi connectivity index (χ4n) is 4.13. The monoisotopic (exact) mass is 411 g/mol. The highest BCUT2D eigenvalue weighted by Crippen LogP contribution is 2.36. The lowest BCUT2D eigenvalue weighted by atomic mass is 9.79. The van der Waals surface area contributed by atoms with Gasteiger partial charge in [0.2, 0.25) is 0 Å². The van der Waals surface area contributed by atoms with E-state index >= 15 is 0 Å². The van der Waals surface area contributed by atoms with Crippen LogP contribution in [0.25, 0.3) is 10.6 Å². The lowest BCUT2D eigenvalue weighted by Gasteiger charge is -2.49. The summed E-state index contributed by atoms with van der Waals surface area (Å²) in [4.78, 5) is 19.6.